The van der Waals surface area contributed by atoms with E-state index in [1.54, 1.807) is 0 Å². The van der Waals surface area contributed by atoms with Crippen LogP contribution in [0.1, 0.15) is 194 Å². The number of nitrogens with two attached hydrogens (primary N) is 1. The van der Waals surface area contributed by atoms with Crippen LogP contribution in [0.4, 0.5) is 0 Å². The van der Waals surface area contributed by atoms with E-state index >= 15 is 0 Å². The third-order valence-electron chi connectivity index (χ3n) is 8.93. The number of ether oxygens (including phenoxy) is 1. The first-order chi connectivity index (χ1) is 23.9. The first-order valence-corrected chi connectivity index (χ1v) is 20.3. The molecule has 0 rings (SSSR count). The zero-order valence-electron chi connectivity index (χ0n) is 31.8. The molecule has 0 saturated heterocycles. The van der Waals surface area contributed by atoms with E-state index < -0.39 is 12.0 Å². The van der Waals surface area contributed by atoms with Gasteiger partial charge in [-0.15, -0.1) is 0 Å². The third kappa shape index (κ3) is 33.8. The van der Waals surface area contributed by atoms with Crippen LogP contribution in [0.5, 0.6) is 0 Å². The lowest BCUT2D eigenvalue weighted by molar-refractivity contribution is -0.150. The molecule has 284 valence electrons. The number of esters is 1. The molecule has 2 atom stereocenters. The number of hydrogen-bond donors (Lipinski definition) is 3. The first kappa shape index (κ1) is 46.6. The smallest absolute Gasteiger partial charge is 0.326 e. The number of hydrogen-bond acceptors (Lipinski definition) is 5. The monoisotopic (exact) mass is 689 g/mol. The summed E-state index contributed by atoms with van der Waals surface area (Å²) in [6.07, 6.45) is 41.8. The summed E-state index contributed by atoms with van der Waals surface area (Å²) in [6, 6.07) is -0.860. The number of nitrogens with one attached hydrogen (secondary N) is 1. The van der Waals surface area contributed by atoms with Gasteiger partial charge in [-0.2, -0.15) is 0 Å². The summed E-state index contributed by atoms with van der Waals surface area (Å²) in [5, 5.41) is 11.9. The molecular weight excluding hydrogens is 612 g/mol. The Labute approximate surface area is 301 Å². The van der Waals surface area contributed by atoms with Gasteiger partial charge in [-0.25, -0.2) is 4.79 Å². The minimum atomic E-state index is -1.01. The second-order valence-corrected chi connectivity index (χ2v) is 13.7. The number of amides is 1. The average Bonchev–Trinajstić information content (AvgIpc) is 3.08. The van der Waals surface area contributed by atoms with Crippen molar-refractivity contribution in [2.24, 2.45) is 5.73 Å². The van der Waals surface area contributed by atoms with Crippen LogP contribution in [-0.2, 0) is 19.1 Å². The molecule has 0 heterocycles. The molecule has 0 saturated carbocycles. The Morgan fingerprint density at radius 3 is 1.67 bits per heavy atom. The summed E-state index contributed by atoms with van der Waals surface area (Å²) in [6.45, 7) is 4.88. The van der Waals surface area contributed by atoms with Gasteiger partial charge in [0, 0.05) is 12.8 Å². The topological polar surface area (TPSA) is 119 Å². The van der Waals surface area contributed by atoms with Crippen molar-refractivity contribution in [3.63, 3.8) is 0 Å². The molecule has 0 bridgehead atoms. The van der Waals surface area contributed by atoms with E-state index in [9.17, 15) is 19.5 Å². The fraction of sp³-hybridized carbons (Fsp3) is 0.786. The van der Waals surface area contributed by atoms with Crippen molar-refractivity contribution >= 4 is 17.8 Å². The van der Waals surface area contributed by atoms with Crippen molar-refractivity contribution < 1.29 is 24.2 Å². The molecule has 0 radical (unpaired) electrons. The number of rotatable bonds is 36. The molecular formula is C42H76N2O5. The molecule has 0 aliphatic heterocycles. The molecule has 4 N–H and O–H groups in total. The highest BCUT2D eigenvalue weighted by Gasteiger charge is 2.19. The van der Waals surface area contributed by atoms with Crippen LogP contribution in [0.2, 0.25) is 0 Å². The van der Waals surface area contributed by atoms with Crippen LogP contribution in [-0.4, -0.2) is 41.6 Å². The highest BCUT2D eigenvalue weighted by Crippen LogP contribution is 2.18. The van der Waals surface area contributed by atoms with Gasteiger partial charge in [-0.05, 0) is 109 Å². The molecule has 0 aromatic rings. The molecule has 0 aliphatic carbocycles. The highest BCUT2D eigenvalue weighted by atomic mass is 16.5. The number of carbonyl (C=O) groups is 3. The first-order valence-electron chi connectivity index (χ1n) is 20.3. The second kappa shape index (κ2) is 36.9. The summed E-state index contributed by atoms with van der Waals surface area (Å²) in [4.78, 5) is 36.2. The molecule has 49 heavy (non-hydrogen) atoms. The van der Waals surface area contributed by atoms with Crippen molar-refractivity contribution in [1.82, 2.24) is 5.32 Å². The van der Waals surface area contributed by atoms with Gasteiger partial charge < -0.3 is 20.9 Å². The molecule has 7 heteroatoms. The Bertz CT molecular complexity index is 869. The molecule has 0 fully saturated rings. The van der Waals surface area contributed by atoms with Crippen LogP contribution in [0.3, 0.4) is 0 Å². The van der Waals surface area contributed by atoms with Crippen LogP contribution >= 0.6 is 0 Å². The van der Waals surface area contributed by atoms with Crippen LogP contribution in [0.15, 0.2) is 36.5 Å². The van der Waals surface area contributed by atoms with Gasteiger partial charge in [-0.3, -0.25) is 9.59 Å². The lowest BCUT2D eigenvalue weighted by Crippen LogP contribution is -2.40. The normalized spacial score (nSPS) is 13.0. The molecule has 0 aliphatic rings. The maximum absolute atomic E-state index is 12.7. The van der Waals surface area contributed by atoms with Crippen molar-refractivity contribution in [3.8, 4) is 0 Å². The summed E-state index contributed by atoms with van der Waals surface area (Å²) >= 11 is 0. The fourth-order valence-electron chi connectivity index (χ4n) is 5.83. The predicted molar refractivity (Wildman–Crippen MR) is 207 cm³/mol. The van der Waals surface area contributed by atoms with Crippen molar-refractivity contribution in [3.05, 3.63) is 36.5 Å². The molecule has 0 spiro atoms. The Morgan fingerprint density at radius 1 is 0.592 bits per heavy atom. The number of allylic oxidation sites excluding steroid dienone is 6. The highest BCUT2D eigenvalue weighted by molar-refractivity contribution is 5.83. The predicted octanol–water partition coefficient (Wildman–Crippen LogP) is 11.1. The number of carbonyl (C=O) groups excluding carboxylic acids is 2. The van der Waals surface area contributed by atoms with E-state index in [-0.39, 0.29) is 18.0 Å². The van der Waals surface area contributed by atoms with Crippen molar-refractivity contribution in [2.75, 3.05) is 6.54 Å². The number of carboxylic acids is 1. The van der Waals surface area contributed by atoms with E-state index in [4.69, 9.17) is 10.5 Å². The van der Waals surface area contributed by atoms with Gasteiger partial charge in [0.1, 0.15) is 12.1 Å². The second-order valence-electron chi connectivity index (χ2n) is 13.7. The van der Waals surface area contributed by atoms with Crippen LogP contribution < -0.4 is 11.1 Å². The Hall–Kier alpha value is -2.41. The minimum absolute atomic E-state index is 0.0317. The minimum Gasteiger partial charge on any atom is -0.480 e. The van der Waals surface area contributed by atoms with Gasteiger partial charge in [0.25, 0.3) is 0 Å². The summed E-state index contributed by atoms with van der Waals surface area (Å²) in [7, 11) is 0. The van der Waals surface area contributed by atoms with Crippen LogP contribution in [0.25, 0.3) is 0 Å². The van der Waals surface area contributed by atoms with E-state index in [1.165, 1.54) is 77.0 Å². The van der Waals surface area contributed by atoms with Gasteiger partial charge in [-0.1, -0.05) is 115 Å². The van der Waals surface area contributed by atoms with E-state index in [2.05, 4.69) is 55.6 Å². The number of aliphatic carboxylic acids is 1. The Balaban J connectivity index is 4.40. The van der Waals surface area contributed by atoms with E-state index in [1.807, 2.05) is 0 Å². The van der Waals surface area contributed by atoms with Gasteiger partial charge in [0.2, 0.25) is 5.91 Å². The zero-order valence-corrected chi connectivity index (χ0v) is 31.8. The SMILES string of the molecule is CCCCC/C=C\C/C=C\CCCC(CCCCCCCC(=O)NC(CCCN)C(=O)O)OC(=O)CCCCCCC/C=C\CCCCC. The van der Waals surface area contributed by atoms with Gasteiger partial charge in [0.05, 0.1) is 0 Å². The molecule has 1 amide bonds. The lowest BCUT2D eigenvalue weighted by Gasteiger charge is -2.18. The van der Waals surface area contributed by atoms with Crippen molar-refractivity contribution in [1.29, 1.82) is 0 Å². The summed E-state index contributed by atoms with van der Waals surface area (Å²) in [5.74, 6) is -1.27. The standard InChI is InChI=1S/C42H76N2O5/c1-3-5-7-9-11-13-15-17-19-21-26-30-36-41(46)49-38(32-27-23-20-18-16-14-12-10-8-6-4-2)33-28-24-22-25-29-35-40(45)44-39(42(47)48)34-31-37-43/h11-14,18,20,38-39H,3-10,15-17,19,21-37,43H2,1-2H3,(H,44,45)(H,47,48)/b13-11-,14-12-,20-18-. The average molecular weight is 689 g/mol. The molecule has 2 unspecified atom stereocenters. The van der Waals surface area contributed by atoms with Gasteiger partial charge >= 0.3 is 11.9 Å². The van der Waals surface area contributed by atoms with Gasteiger partial charge in [0.15, 0.2) is 0 Å². The maximum Gasteiger partial charge on any atom is 0.326 e. The summed E-state index contributed by atoms with van der Waals surface area (Å²) in [5.41, 5.74) is 5.47. The number of unbranched alkanes of at least 4 members (excludes halogenated alkanes) is 16. The molecule has 0 aromatic carbocycles. The Kier molecular flexibility index (Phi) is 35.0. The van der Waals surface area contributed by atoms with E-state index in [0.29, 0.717) is 32.2 Å². The van der Waals surface area contributed by atoms with Crippen molar-refractivity contribution in [2.45, 2.75) is 206 Å². The zero-order chi connectivity index (χ0) is 36.0. The molecule has 7 nitrogen and oxygen atoms in total. The maximum atomic E-state index is 12.7. The van der Waals surface area contributed by atoms with E-state index in [0.717, 1.165) is 77.0 Å². The van der Waals surface area contributed by atoms with Crippen LogP contribution in [0, 0.1) is 0 Å². The fourth-order valence-corrected chi connectivity index (χ4v) is 5.83. The summed E-state index contributed by atoms with van der Waals surface area (Å²) < 4.78 is 5.99. The number of carboxylic acid groups (broad SMARTS) is 1. The quantitative estimate of drug-likeness (QED) is 0.0342. The lowest BCUT2D eigenvalue weighted by atomic mass is 10.0. The largest absolute Gasteiger partial charge is 0.480 e. The third-order valence-corrected chi connectivity index (χ3v) is 8.93. The molecule has 0 aromatic heterocycles. The Morgan fingerprint density at radius 2 is 1.08 bits per heavy atom.